The van der Waals surface area contributed by atoms with Gasteiger partial charge in [0.25, 0.3) is 0 Å². The molecule has 0 bridgehead atoms. The first-order valence-corrected chi connectivity index (χ1v) is 8.12. The maximum atomic E-state index is 12.1. The van der Waals surface area contributed by atoms with Crippen molar-refractivity contribution in [3.8, 4) is 0 Å². The van der Waals surface area contributed by atoms with Crippen LogP contribution in [0.1, 0.15) is 34.1 Å². The van der Waals surface area contributed by atoms with E-state index in [-0.39, 0.29) is 12.0 Å². The lowest BCUT2D eigenvalue weighted by molar-refractivity contribution is 0.0152. The maximum absolute atomic E-state index is 12.1. The summed E-state index contributed by atoms with van der Waals surface area (Å²) < 4.78 is 5.42. The van der Waals surface area contributed by atoms with E-state index in [1.807, 2.05) is 27.0 Å². The number of likely N-dealkylation sites (tertiary alicyclic amines) is 1. The molecule has 0 saturated carbocycles. The zero-order valence-electron chi connectivity index (χ0n) is 14.0. The van der Waals surface area contributed by atoms with Gasteiger partial charge in [-0.05, 0) is 33.1 Å². The number of piperidine rings is 1. The summed E-state index contributed by atoms with van der Waals surface area (Å²) in [7, 11) is 0. The van der Waals surface area contributed by atoms with Crippen molar-refractivity contribution < 1.29 is 9.53 Å². The van der Waals surface area contributed by atoms with Crippen LogP contribution in [0, 0.1) is 11.8 Å². The molecule has 0 spiro atoms. The number of carbonyl (C=O) groups is 1. The van der Waals surface area contributed by atoms with Crippen molar-refractivity contribution in [1.29, 1.82) is 0 Å². The molecule has 0 aromatic carbocycles. The number of aromatic nitrogens is 2. The van der Waals surface area contributed by atoms with Gasteiger partial charge in [0.15, 0.2) is 0 Å². The van der Waals surface area contributed by atoms with Gasteiger partial charge in [0.1, 0.15) is 5.60 Å². The molecule has 1 aromatic rings. The molecule has 23 heavy (non-hydrogen) atoms. The highest BCUT2D eigenvalue weighted by Gasteiger charge is 2.30. The maximum Gasteiger partial charge on any atom is 0.410 e. The number of amides is 1. The molecule has 0 N–H and O–H groups in total. The fourth-order valence-corrected chi connectivity index (χ4v) is 2.51. The molecule has 1 aliphatic heterocycles. The Hall–Kier alpha value is -1.69. The second-order valence-corrected chi connectivity index (χ2v) is 7.27. The molecule has 126 valence electrons. The van der Waals surface area contributed by atoms with Crippen molar-refractivity contribution in [3.63, 3.8) is 0 Å². The van der Waals surface area contributed by atoms with Gasteiger partial charge < -0.3 is 9.64 Å². The van der Waals surface area contributed by atoms with Crippen molar-refractivity contribution in [2.45, 2.75) is 39.7 Å². The first kappa shape index (κ1) is 17.7. The molecule has 0 radical (unpaired) electrons. The van der Waals surface area contributed by atoms with E-state index in [0.717, 1.165) is 6.42 Å². The van der Waals surface area contributed by atoms with Crippen molar-refractivity contribution in [2.24, 2.45) is 16.8 Å². The SMILES string of the molecule is CC1CN(C(=O)OC(C)(C)C)CCC1C=Nc1ncc(Cl)cn1. The molecule has 1 fully saturated rings. The van der Waals surface area contributed by atoms with Gasteiger partial charge in [-0.2, -0.15) is 0 Å². The average molecular weight is 339 g/mol. The van der Waals surface area contributed by atoms with E-state index in [0.29, 0.717) is 30.0 Å². The Bertz CT molecular complexity index is 568. The van der Waals surface area contributed by atoms with Crippen LogP contribution < -0.4 is 0 Å². The zero-order chi connectivity index (χ0) is 17.0. The normalized spacial score (nSPS) is 22.4. The Morgan fingerprint density at radius 1 is 1.43 bits per heavy atom. The molecule has 0 aliphatic carbocycles. The third-order valence-electron chi connectivity index (χ3n) is 3.61. The van der Waals surface area contributed by atoms with Gasteiger partial charge >= 0.3 is 6.09 Å². The van der Waals surface area contributed by atoms with Gasteiger partial charge in [0.05, 0.1) is 17.4 Å². The summed E-state index contributed by atoms with van der Waals surface area (Å²) in [4.78, 5) is 26.3. The lowest BCUT2D eigenvalue weighted by atomic mass is 9.88. The fraction of sp³-hybridized carbons (Fsp3) is 0.625. The van der Waals surface area contributed by atoms with Gasteiger partial charge in [-0.3, -0.25) is 0 Å². The number of hydrogen-bond acceptors (Lipinski definition) is 5. The van der Waals surface area contributed by atoms with Crippen LogP contribution in [0.25, 0.3) is 0 Å². The van der Waals surface area contributed by atoms with Crippen LogP contribution in [0.5, 0.6) is 0 Å². The van der Waals surface area contributed by atoms with Gasteiger partial charge in [-0.25, -0.2) is 19.8 Å². The van der Waals surface area contributed by atoms with Crippen LogP contribution in [0.4, 0.5) is 10.7 Å². The summed E-state index contributed by atoms with van der Waals surface area (Å²) in [5.74, 6) is 0.983. The number of carbonyl (C=O) groups excluding carboxylic acids is 1. The predicted octanol–water partition coefficient (Wildman–Crippen LogP) is 3.73. The fourth-order valence-electron chi connectivity index (χ4n) is 2.41. The number of hydrogen-bond donors (Lipinski definition) is 0. The molecule has 2 heterocycles. The van der Waals surface area contributed by atoms with Gasteiger partial charge in [0, 0.05) is 25.2 Å². The monoisotopic (exact) mass is 338 g/mol. The zero-order valence-corrected chi connectivity index (χ0v) is 14.7. The molecular weight excluding hydrogens is 316 g/mol. The Kier molecular flexibility index (Phi) is 5.57. The van der Waals surface area contributed by atoms with Crippen LogP contribution in [-0.4, -0.2) is 45.9 Å². The second kappa shape index (κ2) is 7.25. The van der Waals surface area contributed by atoms with Crippen molar-refractivity contribution >= 4 is 29.9 Å². The minimum absolute atomic E-state index is 0.249. The minimum atomic E-state index is -0.468. The van der Waals surface area contributed by atoms with Gasteiger partial charge in [-0.15, -0.1) is 0 Å². The number of aliphatic imine (C=N–C) groups is 1. The predicted molar refractivity (Wildman–Crippen MR) is 90.3 cm³/mol. The average Bonchev–Trinajstić information content (AvgIpc) is 2.46. The van der Waals surface area contributed by atoms with Gasteiger partial charge in [-0.1, -0.05) is 18.5 Å². The van der Waals surface area contributed by atoms with E-state index < -0.39 is 5.60 Å². The molecular formula is C16H23ClN4O2. The lowest BCUT2D eigenvalue weighted by Crippen LogP contribution is -2.45. The summed E-state index contributed by atoms with van der Waals surface area (Å²) >= 11 is 5.75. The third-order valence-corrected chi connectivity index (χ3v) is 3.81. The Balaban J connectivity index is 1.91. The smallest absolute Gasteiger partial charge is 0.410 e. The summed E-state index contributed by atoms with van der Waals surface area (Å²) in [5, 5.41) is 0.489. The Labute approximate surface area is 141 Å². The molecule has 1 amide bonds. The lowest BCUT2D eigenvalue weighted by Gasteiger charge is -2.36. The quantitative estimate of drug-likeness (QED) is 0.770. The molecule has 1 aliphatic rings. The number of rotatable bonds is 2. The molecule has 2 rings (SSSR count). The standard InChI is InChI=1S/C16H23ClN4O2/c1-11-10-21(15(22)23-16(2,3)4)6-5-12(11)7-18-14-19-8-13(17)9-20-14/h7-9,11-12H,5-6,10H2,1-4H3. The summed E-state index contributed by atoms with van der Waals surface area (Å²) in [6, 6.07) is 0. The largest absolute Gasteiger partial charge is 0.444 e. The topological polar surface area (TPSA) is 67.7 Å². The van der Waals surface area contributed by atoms with Crippen LogP contribution in [0.2, 0.25) is 5.02 Å². The van der Waals surface area contributed by atoms with E-state index in [9.17, 15) is 4.79 Å². The molecule has 1 saturated heterocycles. The number of halogens is 1. The van der Waals surface area contributed by atoms with Crippen LogP contribution in [-0.2, 0) is 4.74 Å². The van der Waals surface area contributed by atoms with E-state index in [2.05, 4.69) is 21.9 Å². The van der Waals surface area contributed by atoms with Crippen LogP contribution in [0.15, 0.2) is 17.4 Å². The van der Waals surface area contributed by atoms with Crippen molar-refractivity contribution in [3.05, 3.63) is 17.4 Å². The highest BCUT2D eigenvalue weighted by molar-refractivity contribution is 6.30. The third kappa shape index (κ3) is 5.46. The minimum Gasteiger partial charge on any atom is -0.444 e. The summed E-state index contributed by atoms with van der Waals surface area (Å²) in [6.07, 6.45) is 5.52. The number of nitrogens with zero attached hydrogens (tertiary/aromatic N) is 4. The molecule has 7 heteroatoms. The van der Waals surface area contributed by atoms with Crippen LogP contribution in [0.3, 0.4) is 0 Å². The van der Waals surface area contributed by atoms with Crippen molar-refractivity contribution in [1.82, 2.24) is 14.9 Å². The molecule has 6 nitrogen and oxygen atoms in total. The molecule has 2 atom stereocenters. The van der Waals surface area contributed by atoms with E-state index in [1.54, 1.807) is 4.90 Å². The first-order valence-electron chi connectivity index (χ1n) is 7.74. The molecule has 2 unspecified atom stereocenters. The first-order chi connectivity index (χ1) is 10.7. The number of ether oxygens (including phenoxy) is 1. The summed E-state index contributed by atoms with van der Waals surface area (Å²) in [5.41, 5.74) is -0.468. The van der Waals surface area contributed by atoms with E-state index in [4.69, 9.17) is 16.3 Å². The summed E-state index contributed by atoms with van der Waals surface area (Å²) in [6.45, 7) is 9.06. The Morgan fingerprint density at radius 2 is 2.09 bits per heavy atom. The van der Waals surface area contributed by atoms with E-state index in [1.165, 1.54) is 12.4 Å². The van der Waals surface area contributed by atoms with Crippen molar-refractivity contribution in [2.75, 3.05) is 13.1 Å². The highest BCUT2D eigenvalue weighted by Crippen LogP contribution is 2.24. The highest BCUT2D eigenvalue weighted by atomic mass is 35.5. The molecule has 1 aromatic heterocycles. The van der Waals surface area contributed by atoms with Gasteiger partial charge in [0.2, 0.25) is 5.95 Å². The van der Waals surface area contributed by atoms with Crippen LogP contribution >= 0.6 is 11.6 Å². The second-order valence-electron chi connectivity index (χ2n) is 6.84. The Morgan fingerprint density at radius 3 is 2.65 bits per heavy atom. The van der Waals surface area contributed by atoms with E-state index >= 15 is 0 Å².